The lowest BCUT2D eigenvalue weighted by molar-refractivity contribution is -0.116. The van der Waals surface area contributed by atoms with E-state index in [2.05, 4.69) is 14.8 Å². The second-order valence-corrected chi connectivity index (χ2v) is 3.83. The summed E-state index contributed by atoms with van der Waals surface area (Å²) in [5, 5.41) is 2.52. The van der Waals surface area contributed by atoms with E-state index < -0.39 is 11.9 Å². The van der Waals surface area contributed by atoms with Crippen LogP contribution in [0.5, 0.6) is 0 Å². The summed E-state index contributed by atoms with van der Waals surface area (Å²) in [6, 6.07) is 4.15. The molecule has 108 valence electrons. The lowest BCUT2D eigenvalue weighted by atomic mass is 10.1. The Labute approximate surface area is 116 Å². The van der Waals surface area contributed by atoms with Crippen molar-refractivity contribution in [3.63, 3.8) is 0 Å². The first-order chi connectivity index (χ1) is 9.53. The predicted molar refractivity (Wildman–Crippen MR) is 71.4 cm³/mol. The van der Waals surface area contributed by atoms with Crippen molar-refractivity contribution in [2.45, 2.75) is 6.42 Å². The largest absolute Gasteiger partial charge is 0.465 e. The molecular formula is C13H16N2O5. The molecule has 1 amide bonds. The van der Waals surface area contributed by atoms with Crippen molar-refractivity contribution < 1.29 is 23.9 Å². The Kier molecular flexibility index (Phi) is 5.67. The lowest BCUT2D eigenvalue weighted by Crippen LogP contribution is -2.19. The third-order valence-corrected chi connectivity index (χ3v) is 2.49. The number of methoxy groups -OCH3 is 2. The van der Waals surface area contributed by atoms with Crippen LogP contribution in [0.1, 0.15) is 27.1 Å². The monoisotopic (exact) mass is 280 g/mol. The summed E-state index contributed by atoms with van der Waals surface area (Å²) < 4.78 is 9.20. The van der Waals surface area contributed by atoms with Gasteiger partial charge in [0.15, 0.2) is 0 Å². The topological polar surface area (TPSA) is 108 Å². The summed E-state index contributed by atoms with van der Waals surface area (Å²) in [6.07, 6.45) is 0.100. The van der Waals surface area contributed by atoms with Crippen LogP contribution in [0.2, 0.25) is 0 Å². The molecule has 7 nitrogen and oxygen atoms in total. The Hall–Kier alpha value is -2.41. The predicted octanol–water partition coefficient (Wildman–Crippen LogP) is 0.547. The zero-order valence-electron chi connectivity index (χ0n) is 11.3. The van der Waals surface area contributed by atoms with E-state index in [0.717, 1.165) is 0 Å². The van der Waals surface area contributed by atoms with Gasteiger partial charge in [-0.15, -0.1) is 0 Å². The summed E-state index contributed by atoms with van der Waals surface area (Å²) in [7, 11) is 2.46. The maximum Gasteiger partial charge on any atom is 0.339 e. The molecule has 20 heavy (non-hydrogen) atoms. The number of ether oxygens (including phenoxy) is 2. The number of hydrogen-bond donors (Lipinski definition) is 2. The Morgan fingerprint density at radius 3 is 2.35 bits per heavy atom. The first-order valence-corrected chi connectivity index (χ1v) is 5.84. The van der Waals surface area contributed by atoms with Gasteiger partial charge in [0.05, 0.1) is 31.0 Å². The number of benzene rings is 1. The highest BCUT2D eigenvalue weighted by molar-refractivity contribution is 6.03. The van der Waals surface area contributed by atoms with Gasteiger partial charge in [-0.25, -0.2) is 9.59 Å². The third-order valence-electron chi connectivity index (χ3n) is 2.49. The van der Waals surface area contributed by atoms with Crippen molar-refractivity contribution >= 4 is 23.5 Å². The van der Waals surface area contributed by atoms with E-state index in [1.807, 2.05) is 0 Å². The van der Waals surface area contributed by atoms with E-state index in [4.69, 9.17) is 5.73 Å². The highest BCUT2D eigenvalue weighted by Gasteiger charge is 2.17. The van der Waals surface area contributed by atoms with Crippen LogP contribution < -0.4 is 11.1 Å². The molecule has 0 aliphatic heterocycles. The Bertz CT molecular complexity index is 527. The number of nitrogens with one attached hydrogen (secondary N) is 1. The maximum atomic E-state index is 11.6. The molecule has 1 aromatic carbocycles. The molecule has 0 unspecified atom stereocenters. The van der Waals surface area contributed by atoms with Crippen molar-refractivity contribution in [2.24, 2.45) is 5.73 Å². The fourth-order valence-electron chi connectivity index (χ4n) is 1.52. The molecule has 0 aliphatic carbocycles. The van der Waals surface area contributed by atoms with Crippen LogP contribution >= 0.6 is 0 Å². The Morgan fingerprint density at radius 2 is 1.80 bits per heavy atom. The van der Waals surface area contributed by atoms with Gasteiger partial charge >= 0.3 is 11.9 Å². The van der Waals surface area contributed by atoms with Crippen LogP contribution in [-0.2, 0) is 14.3 Å². The van der Waals surface area contributed by atoms with Crippen molar-refractivity contribution in [3.8, 4) is 0 Å². The van der Waals surface area contributed by atoms with Crippen molar-refractivity contribution in [1.29, 1.82) is 0 Å². The summed E-state index contributed by atoms with van der Waals surface area (Å²) in [5.74, 6) is -1.56. The standard InChI is InChI=1S/C13H16N2O5/c1-19-12(17)8-3-4-9(13(18)20-2)10(7-8)15-11(16)5-6-14/h3-4,7H,5-6,14H2,1-2H3,(H,15,16). The minimum Gasteiger partial charge on any atom is -0.465 e. The zero-order chi connectivity index (χ0) is 15.1. The molecule has 0 saturated heterocycles. The van der Waals surface area contributed by atoms with Crippen molar-refractivity contribution in [1.82, 2.24) is 0 Å². The second kappa shape index (κ2) is 7.25. The number of rotatable bonds is 5. The smallest absolute Gasteiger partial charge is 0.339 e. The van der Waals surface area contributed by atoms with Gasteiger partial charge in [-0.1, -0.05) is 0 Å². The van der Waals surface area contributed by atoms with Gasteiger partial charge in [0.25, 0.3) is 0 Å². The fraction of sp³-hybridized carbons (Fsp3) is 0.308. The fourth-order valence-corrected chi connectivity index (χ4v) is 1.52. The number of carbonyl (C=O) groups is 3. The summed E-state index contributed by atoms with van der Waals surface area (Å²) in [4.78, 5) is 34.6. The van der Waals surface area contributed by atoms with Gasteiger partial charge in [-0.05, 0) is 18.2 Å². The average molecular weight is 280 g/mol. The van der Waals surface area contributed by atoms with Crippen LogP contribution in [0.15, 0.2) is 18.2 Å². The SMILES string of the molecule is COC(=O)c1ccc(C(=O)OC)c(NC(=O)CCN)c1. The first-order valence-electron chi connectivity index (χ1n) is 5.84. The quantitative estimate of drug-likeness (QED) is 0.762. The maximum absolute atomic E-state index is 11.6. The molecule has 0 aromatic heterocycles. The summed E-state index contributed by atoms with van der Waals surface area (Å²) in [5.41, 5.74) is 5.81. The van der Waals surface area contributed by atoms with Crippen LogP contribution in [0.3, 0.4) is 0 Å². The Balaban J connectivity index is 3.15. The minimum absolute atomic E-state index is 0.100. The second-order valence-electron chi connectivity index (χ2n) is 3.83. The summed E-state index contributed by atoms with van der Waals surface area (Å²) >= 11 is 0. The molecule has 1 aromatic rings. The van der Waals surface area contributed by atoms with Gasteiger partial charge in [0, 0.05) is 13.0 Å². The van der Waals surface area contributed by atoms with Crippen LogP contribution in [-0.4, -0.2) is 38.6 Å². The van der Waals surface area contributed by atoms with Gasteiger partial charge in [-0.2, -0.15) is 0 Å². The molecule has 0 spiro atoms. The van der Waals surface area contributed by atoms with Crippen LogP contribution in [0.25, 0.3) is 0 Å². The highest BCUT2D eigenvalue weighted by Crippen LogP contribution is 2.20. The number of anilines is 1. The zero-order valence-corrected chi connectivity index (χ0v) is 11.3. The minimum atomic E-state index is -0.621. The molecule has 0 saturated carbocycles. The van der Waals surface area contributed by atoms with Crippen LogP contribution in [0, 0.1) is 0 Å². The molecule has 0 bridgehead atoms. The molecule has 7 heteroatoms. The molecule has 0 aliphatic rings. The molecule has 0 atom stereocenters. The number of hydrogen-bond acceptors (Lipinski definition) is 6. The van der Waals surface area contributed by atoms with Crippen molar-refractivity contribution in [3.05, 3.63) is 29.3 Å². The van der Waals surface area contributed by atoms with Gasteiger partial charge in [0.1, 0.15) is 0 Å². The van der Waals surface area contributed by atoms with E-state index in [-0.39, 0.29) is 35.7 Å². The summed E-state index contributed by atoms with van der Waals surface area (Å²) in [6.45, 7) is 0.177. The first kappa shape index (κ1) is 15.6. The van der Waals surface area contributed by atoms with E-state index in [9.17, 15) is 14.4 Å². The van der Waals surface area contributed by atoms with E-state index in [1.165, 1.54) is 32.4 Å². The molecule has 0 heterocycles. The van der Waals surface area contributed by atoms with Crippen LogP contribution in [0.4, 0.5) is 5.69 Å². The van der Waals surface area contributed by atoms with E-state index in [0.29, 0.717) is 0 Å². The number of carbonyl (C=O) groups excluding carboxylic acids is 3. The third kappa shape index (κ3) is 3.79. The van der Waals surface area contributed by atoms with E-state index in [1.54, 1.807) is 0 Å². The molecular weight excluding hydrogens is 264 g/mol. The number of nitrogens with two attached hydrogens (primary N) is 1. The molecule has 3 N–H and O–H groups in total. The molecule has 1 rings (SSSR count). The van der Waals surface area contributed by atoms with Gasteiger partial charge < -0.3 is 20.5 Å². The number of amides is 1. The number of esters is 2. The van der Waals surface area contributed by atoms with Gasteiger partial charge in [0.2, 0.25) is 5.91 Å². The normalized spacial score (nSPS) is 9.75. The molecule has 0 radical (unpaired) electrons. The van der Waals surface area contributed by atoms with E-state index >= 15 is 0 Å². The molecule has 0 fully saturated rings. The lowest BCUT2D eigenvalue weighted by Gasteiger charge is -2.11. The van der Waals surface area contributed by atoms with Gasteiger partial charge in [-0.3, -0.25) is 4.79 Å². The highest BCUT2D eigenvalue weighted by atomic mass is 16.5. The Morgan fingerprint density at radius 1 is 1.15 bits per heavy atom. The average Bonchev–Trinajstić information content (AvgIpc) is 2.45. The van der Waals surface area contributed by atoms with Crippen molar-refractivity contribution in [2.75, 3.05) is 26.1 Å².